The SMILES string of the molecule is CC1CC2OC23C12CCC(C2)C(C)(C)C3(C)O. The van der Waals surface area contributed by atoms with Crippen LogP contribution in [-0.4, -0.2) is 22.4 Å². The van der Waals surface area contributed by atoms with Gasteiger partial charge in [-0.25, -0.2) is 0 Å². The first-order valence-corrected chi connectivity index (χ1v) is 7.20. The Labute approximate surface area is 104 Å². The van der Waals surface area contributed by atoms with E-state index in [4.69, 9.17) is 4.74 Å². The maximum atomic E-state index is 11.2. The van der Waals surface area contributed by atoms with Crippen molar-refractivity contribution in [1.29, 1.82) is 0 Å². The lowest BCUT2D eigenvalue weighted by molar-refractivity contribution is -0.198. The summed E-state index contributed by atoms with van der Waals surface area (Å²) in [5.74, 6) is 1.40. The van der Waals surface area contributed by atoms with Gasteiger partial charge in [0.2, 0.25) is 0 Å². The Hall–Kier alpha value is -0.0800. The summed E-state index contributed by atoms with van der Waals surface area (Å²) in [5, 5.41) is 11.2. The van der Waals surface area contributed by atoms with E-state index in [1.54, 1.807) is 0 Å². The highest BCUT2D eigenvalue weighted by Crippen LogP contribution is 2.80. The van der Waals surface area contributed by atoms with Crippen LogP contribution in [0, 0.1) is 22.7 Å². The predicted octanol–water partition coefficient (Wildman–Crippen LogP) is 2.74. The van der Waals surface area contributed by atoms with Crippen LogP contribution < -0.4 is 0 Å². The molecule has 1 aliphatic heterocycles. The highest BCUT2D eigenvalue weighted by atomic mass is 16.6. The van der Waals surface area contributed by atoms with Gasteiger partial charge in [-0.15, -0.1) is 0 Å². The average Bonchev–Trinajstić information content (AvgIpc) is 2.71. The molecular weight excluding hydrogens is 212 g/mol. The van der Waals surface area contributed by atoms with Crippen LogP contribution >= 0.6 is 0 Å². The molecule has 2 bridgehead atoms. The lowest BCUT2D eigenvalue weighted by Gasteiger charge is -2.57. The van der Waals surface area contributed by atoms with E-state index in [2.05, 4.69) is 27.7 Å². The second-order valence-electron chi connectivity index (χ2n) is 7.87. The van der Waals surface area contributed by atoms with Gasteiger partial charge in [-0.1, -0.05) is 20.8 Å². The van der Waals surface area contributed by atoms with Gasteiger partial charge in [0.25, 0.3) is 0 Å². The van der Waals surface area contributed by atoms with Crippen LogP contribution in [0.3, 0.4) is 0 Å². The molecule has 0 aromatic carbocycles. The Morgan fingerprint density at radius 3 is 2.65 bits per heavy atom. The van der Waals surface area contributed by atoms with Crippen molar-refractivity contribution in [3.05, 3.63) is 0 Å². The van der Waals surface area contributed by atoms with Gasteiger partial charge in [-0.2, -0.15) is 0 Å². The zero-order chi connectivity index (χ0) is 12.3. The summed E-state index contributed by atoms with van der Waals surface area (Å²) in [6.07, 6.45) is 5.35. The molecule has 0 aromatic rings. The van der Waals surface area contributed by atoms with Crippen LogP contribution in [-0.2, 0) is 4.74 Å². The zero-order valence-corrected chi connectivity index (χ0v) is 11.4. The van der Waals surface area contributed by atoms with Gasteiger partial charge in [0.1, 0.15) is 5.60 Å². The highest BCUT2D eigenvalue weighted by Gasteiger charge is 2.87. The minimum Gasteiger partial charge on any atom is -0.386 e. The first-order chi connectivity index (χ1) is 7.80. The number of aliphatic hydroxyl groups is 1. The zero-order valence-electron chi connectivity index (χ0n) is 11.4. The first kappa shape index (κ1) is 10.8. The third kappa shape index (κ3) is 0.779. The summed E-state index contributed by atoms with van der Waals surface area (Å²) >= 11 is 0. The third-order valence-electron chi connectivity index (χ3n) is 7.52. The number of fused-ring (bicyclic) bond motifs is 1. The summed E-state index contributed by atoms with van der Waals surface area (Å²) in [6.45, 7) is 8.94. The summed E-state index contributed by atoms with van der Waals surface area (Å²) in [6, 6.07) is 0. The molecule has 0 amide bonds. The molecule has 2 heteroatoms. The molecule has 0 radical (unpaired) electrons. The van der Waals surface area contributed by atoms with Gasteiger partial charge in [0, 0.05) is 5.41 Å². The maximum absolute atomic E-state index is 11.2. The average molecular weight is 236 g/mol. The van der Waals surface area contributed by atoms with E-state index >= 15 is 0 Å². The van der Waals surface area contributed by atoms with Crippen LogP contribution in [0.25, 0.3) is 0 Å². The monoisotopic (exact) mass is 236 g/mol. The number of ether oxygens (including phenoxy) is 1. The Bertz CT molecular complexity index is 400. The molecule has 4 rings (SSSR count). The molecule has 1 heterocycles. The van der Waals surface area contributed by atoms with Crippen molar-refractivity contribution in [2.45, 2.75) is 70.7 Å². The maximum Gasteiger partial charge on any atom is 0.129 e. The molecule has 0 aromatic heterocycles. The largest absolute Gasteiger partial charge is 0.386 e. The third-order valence-corrected chi connectivity index (χ3v) is 7.52. The summed E-state index contributed by atoms with van der Waals surface area (Å²) < 4.78 is 6.14. The van der Waals surface area contributed by atoms with E-state index in [9.17, 15) is 5.11 Å². The van der Waals surface area contributed by atoms with Crippen molar-refractivity contribution in [1.82, 2.24) is 0 Å². The molecule has 2 spiro atoms. The second-order valence-corrected chi connectivity index (χ2v) is 7.87. The van der Waals surface area contributed by atoms with Crippen LogP contribution in [0.2, 0.25) is 0 Å². The van der Waals surface area contributed by atoms with E-state index in [1.165, 1.54) is 25.7 Å². The predicted molar refractivity (Wildman–Crippen MR) is 65.6 cm³/mol. The topological polar surface area (TPSA) is 32.8 Å². The van der Waals surface area contributed by atoms with Crippen molar-refractivity contribution in [3.8, 4) is 0 Å². The molecule has 6 unspecified atom stereocenters. The molecule has 3 aliphatic carbocycles. The fraction of sp³-hybridized carbons (Fsp3) is 1.00. The number of rotatable bonds is 0. The minimum atomic E-state index is -0.658. The standard InChI is InChI=1S/C15H24O2/c1-9-7-11-15(17-11)13(4,16)12(2,3)10-5-6-14(9,15)8-10/h9-11,16H,5-8H2,1-4H3. The van der Waals surface area contributed by atoms with Gasteiger partial charge >= 0.3 is 0 Å². The second kappa shape index (κ2) is 2.46. The molecule has 1 saturated heterocycles. The Morgan fingerprint density at radius 2 is 1.94 bits per heavy atom. The summed E-state index contributed by atoms with van der Waals surface area (Å²) in [4.78, 5) is 0. The fourth-order valence-corrected chi connectivity index (χ4v) is 6.02. The van der Waals surface area contributed by atoms with Crippen molar-refractivity contribution in [2.24, 2.45) is 22.7 Å². The minimum absolute atomic E-state index is 0.00813. The van der Waals surface area contributed by atoms with Gasteiger partial charge < -0.3 is 9.84 Å². The van der Waals surface area contributed by atoms with Crippen LogP contribution in [0.1, 0.15) is 53.4 Å². The molecule has 96 valence electrons. The fourth-order valence-electron chi connectivity index (χ4n) is 6.02. The lowest BCUT2D eigenvalue weighted by atomic mass is 9.50. The van der Waals surface area contributed by atoms with Crippen molar-refractivity contribution in [3.63, 3.8) is 0 Å². The molecule has 6 atom stereocenters. The van der Waals surface area contributed by atoms with Gasteiger partial charge in [-0.3, -0.25) is 0 Å². The van der Waals surface area contributed by atoms with Crippen molar-refractivity contribution < 1.29 is 9.84 Å². The molecule has 1 N–H and O–H groups in total. The van der Waals surface area contributed by atoms with Crippen LogP contribution in [0.15, 0.2) is 0 Å². The molecule has 4 fully saturated rings. The Morgan fingerprint density at radius 1 is 1.24 bits per heavy atom. The smallest absolute Gasteiger partial charge is 0.129 e. The summed E-state index contributed by atoms with van der Waals surface area (Å²) in [5.41, 5.74) is -0.572. The lowest BCUT2D eigenvalue weighted by Crippen LogP contribution is -2.65. The first-order valence-electron chi connectivity index (χ1n) is 7.20. The molecule has 3 saturated carbocycles. The number of hydrogen-bond acceptors (Lipinski definition) is 2. The van der Waals surface area contributed by atoms with E-state index < -0.39 is 5.60 Å². The number of epoxide rings is 1. The van der Waals surface area contributed by atoms with Crippen LogP contribution in [0.5, 0.6) is 0 Å². The summed E-state index contributed by atoms with van der Waals surface area (Å²) in [7, 11) is 0. The van der Waals surface area contributed by atoms with Crippen molar-refractivity contribution in [2.75, 3.05) is 0 Å². The van der Waals surface area contributed by atoms with Gasteiger partial charge in [0.15, 0.2) is 0 Å². The molecule has 2 nitrogen and oxygen atoms in total. The molecular formula is C15H24O2. The van der Waals surface area contributed by atoms with E-state index in [0.29, 0.717) is 17.4 Å². The van der Waals surface area contributed by atoms with Crippen LogP contribution in [0.4, 0.5) is 0 Å². The molecule has 4 aliphatic rings. The normalized spacial score (nSPS) is 66.5. The van der Waals surface area contributed by atoms with E-state index in [-0.39, 0.29) is 11.0 Å². The van der Waals surface area contributed by atoms with Gasteiger partial charge in [-0.05, 0) is 49.9 Å². The number of hydrogen-bond donors (Lipinski definition) is 1. The Kier molecular flexibility index (Phi) is 1.57. The van der Waals surface area contributed by atoms with E-state index in [0.717, 1.165) is 5.92 Å². The highest BCUT2D eigenvalue weighted by molar-refractivity contribution is 5.35. The van der Waals surface area contributed by atoms with Crippen molar-refractivity contribution >= 4 is 0 Å². The Balaban J connectivity index is 1.94. The quantitative estimate of drug-likeness (QED) is 0.656. The molecule has 17 heavy (non-hydrogen) atoms. The van der Waals surface area contributed by atoms with E-state index in [1.807, 2.05) is 0 Å². The van der Waals surface area contributed by atoms with Gasteiger partial charge in [0.05, 0.1) is 11.7 Å².